The Balaban J connectivity index is 1.05. The minimum atomic E-state index is -0.289. The van der Waals surface area contributed by atoms with Crippen molar-refractivity contribution in [2.75, 3.05) is 20.0 Å². The summed E-state index contributed by atoms with van der Waals surface area (Å²) >= 11 is 1.17. The standard InChI is InChI=1S/C33H32N4O5S/c1-39-27-16-13-23(14-17-27)7-5-12-32-36-37-33(42-32)43-22-31(38)35-34-20-24-15-18-29(30(19-24)40-2)41-21-26-10-6-9-25-8-3-4-11-28(25)26/h3-4,6,8-11,13-20H,5,7,12,21-22H2,1-2H3,(H,35,38). The van der Waals surface area contributed by atoms with E-state index in [-0.39, 0.29) is 11.7 Å². The van der Waals surface area contributed by atoms with Crippen LogP contribution in [-0.2, 0) is 24.2 Å². The molecule has 0 radical (unpaired) electrons. The summed E-state index contributed by atoms with van der Waals surface area (Å²) in [5.74, 6) is 2.38. The number of ether oxygens (including phenoxy) is 3. The van der Waals surface area contributed by atoms with E-state index in [0.29, 0.717) is 35.6 Å². The molecular formula is C33H32N4O5S. The first-order valence-corrected chi connectivity index (χ1v) is 14.8. The molecule has 0 aliphatic rings. The molecule has 1 heterocycles. The number of amides is 1. The van der Waals surface area contributed by atoms with Crippen molar-refractivity contribution in [3.05, 3.63) is 108 Å². The van der Waals surface area contributed by atoms with E-state index in [1.807, 2.05) is 54.6 Å². The van der Waals surface area contributed by atoms with Gasteiger partial charge in [-0.25, -0.2) is 5.43 Å². The molecular weight excluding hydrogens is 564 g/mol. The zero-order chi connectivity index (χ0) is 29.9. The Labute approximate surface area is 254 Å². The lowest BCUT2D eigenvalue weighted by Crippen LogP contribution is -2.19. The van der Waals surface area contributed by atoms with E-state index >= 15 is 0 Å². The number of nitrogens with one attached hydrogen (secondary N) is 1. The number of nitrogens with zero attached hydrogens (tertiary/aromatic N) is 3. The van der Waals surface area contributed by atoms with Gasteiger partial charge in [-0.15, -0.1) is 10.2 Å². The summed E-state index contributed by atoms with van der Waals surface area (Å²) in [6.07, 6.45) is 3.97. The van der Waals surface area contributed by atoms with Gasteiger partial charge in [-0.3, -0.25) is 4.79 Å². The van der Waals surface area contributed by atoms with Crippen LogP contribution in [0.15, 0.2) is 99.7 Å². The van der Waals surface area contributed by atoms with Gasteiger partial charge in [-0.1, -0.05) is 66.4 Å². The van der Waals surface area contributed by atoms with Gasteiger partial charge in [-0.05, 0) is 70.6 Å². The molecule has 0 bridgehead atoms. The molecule has 0 saturated heterocycles. The molecule has 9 nitrogen and oxygen atoms in total. The first-order valence-electron chi connectivity index (χ1n) is 13.8. The number of hydrogen-bond acceptors (Lipinski definition) is 9. The summed E-state index contributed by atoms with van der Waals surface area (Å²) < 4.78 is 22.5. The first-order chi connectivity index (χ1) is 21.1. The van der Waals surface area contributed by atoms with E-state index in [4.69, 9.17) is 18.6 Å². The predicted molar refractivity (Wildman–Crippen MR) is 167 cm³/mol. The van der Waals surface area contributed by atoms with E-state index in [2.05, 4.69) is 45.0 Å². The Kier molecular flexibility index (Phi) is 10.3. The van der Waals surface area contributed by atoms with E-state index in [0.717, 1.165) is 35.1 Å². The monoisotopic (exact) mass is 596 g/mol. The molecule has 4 aromatic carbocycles. The lowest BCUT2D eigenvalue weighted by atomic mass is 10.1. The minimum Gasteiger partial charge on any atom is -0.497 e. The van der Waals surface area contributed by atoms with Gasteiger partial charge in [0, 0.05) is 6.42 Å². The highest BCUT2D eigenvalue weighted by atomic mass is 32.2. The van der Waals surface area contributed by atoms with Crippen molar-refractivity contribution in [2.45, 2.75) is 31.1 Å². The third kappa shape index (κ3) is 8.36. The van der Waals surface area contributed by atoms with E-state index in [9.17, 15) is 4.79 Å². The number of benzene rings is 4. The quantitative estimate of drug-likeness (QED) is 0.0912. The van der Waals surface area contributed by atoms with E-state index < -0.39 is 0 Å². The summed E-state index contributed by atoms with van der Waals surface area (Å²) in [6.45, 7) is 0.407. The maximum absolute atomic E-state index is 12.3. The van der Waals surface area contributed by atoms with Gasteiger partial charge < -0.3 is 18.6 Å². The third-order valence-electron chi connectivity index (χ3n) is 6.64. The smallest absolute Gasteiger partial charge is 0.277 e. The fourth-order valence-electron chi connectivity index (χ4n) is 4.43. The van der Waals surface area contributed by atoms with Crippen molar-refractivity contribution >= 4 is 34.7 Å². The SMILES string of the molecule is COc1ccc(CCCc2nnc(SCC(=O)NN=Cc3ccc(OCc4cccc5ccccc45)c(OC)c3)o2)cc1. The molecule has 0 aliphatic carbocycles. The van der Waals surface area contributed by atoms with Crippen LogP contribution in [-0.4, -0.2) is 42.3 Å². The Morgan fingerprint density at radius 3 is 2.60 bits per heavy atom. The number of carbonyl (C=O) groups excluding carboxylic acids is 1. The van der Waals surface area contributed by atoms with Crippen LogP contribution in [0.4, 0.5) is 0 Å². The van der Waals surface area contributed by atoms with Gasteiger partial charge in [0.1, 0.15) is 12.4 Å². The number of thioether (sulfide) groups is 1. The molecule has 0 aliphatic heterocycles. The molecule has 1 N–H and O–H groups in total. The minimum absolute atomic E-state index is 0.0923. The highest BCUT2D eigenvalue weighted by Crippen LogP contribution is 2.29. The molecule has 43 heavy (non-hydrogen) atoms. The highest BCUT2D eigenvalue weighted by Gasteiger charge is 2.11. The zero-order valence-corrected chi connectivity index (χ0v) is 24.8. The van der Waals surface area contributed by atoms with Gasteiger partial charge in [-0.2, -0.15) is 5.10 Å². The molecule has 0 spiro atoms. The first kappa shape index (κ1) is 29.7. The summed E-state index contributed by atoms with van der Waals surface area (Å²) in [5, 5.41) is 14.8. The maximum Gasteiger partial charge on any atom is 0.277 e. The molecule has 0 fully saturated rings. The second-order valence-corrected chi connectivity index (χ2v) is 10.5. The molecule has 10 heteroatoms. The lowest BCUT2D eigenvalue weighted by Gasteiger charge is -2.12. The Bertz CT molecular complexity index is 1680. The van der Waals surface area contributed by atoms with E-state index in [1.54, 1.807) is 26.5 Å². The summed E-state index contributed by atoms with van der Waals surface area (Å²) in [4.78, 5) is 12.3. The average molecular weight is 597 g/mol. The van der Waals surface area contributed by atoms with Crippen LogP contribution in [0.3, 0.4) is 0 Å². The van der Waals surface area contributed by atoms with Crippen LogP contribution in [0.1, 0.15) is 29.0 Å². The van der Waals surface area contributed by atoms with Crippen molar-refractivity contribution in [3.63, 3.8) is 0 Å². The largest absolute Gasteiger partial charge is 0.497 e. The average Bonchev–Trinajstić information content (AvgIpc) is 3.51. The number of rotatable bonds is 14. The van der Waals surface area contributed by atoms with Crippen molar-refractivity contribution in [1.82, 2.24) is 15.6 Å². The van der Waals surface area contributed by atoms with Gasteiger partial charge in [0.15, 0.2) is 11.5 Å². The molecule has 1 aromatic heterocycles. The number of hydrazone groups is 1. The Hall–Kier alpha value is -4.83. The zero-order valence-electron chi connectivity index (χ0n) is 24.0. The highest BCUT2D eigenvalue weighted by molar-refractivity contribution is 7.99. The molecule has 5 rings (SSSR count). The molecule has 0 saturated carbocycles. The van der Waals surface area contributed by atoms with E-state index in [1.165, 1.54) is 22.7 Å². The number of carbonyl (C=O) groups is 1. The van der Waals surface area contributed by atoms with Crippen LogP contribution in [0.2, 0.25) is 0 Å². The third-order valence-corrected chi connectivity index (χ3v) is 7.46. The maximum atomic E-state index is 12.3. The molecule has 0 unspecified atom stereocenters. The molecule has 1 amide bonds. The number of aryl methyl sites for hydroxylation is 2. The van der Waals surface area contributed by atoms with Crippen molar-refractivity contribution in [1.29, 1.82) is 0 Å². The summed E-state index contributed by atoms with van der Waals surface area (Å²) in [7, 11) is 3.24. The van der Waals surface area contributed by atoms with Crippen molar-refractivity contribution in [3.8, 4) is 17.2 Å². The predicted octanol–water partition coefficient (Wildman–Crippen LogP) is 6.24. The van der Waals surface area contributed by atoms with Crippen LogP contribution < -0.4 is 19.6 Å². The van der Waals surface area contributed by atoms with Crippen molar-refractivity contribution < 1.29 is 23.4 Å². The Morgan fingerprint density at radius 1 is 0.930 bits per heavy atom. The number of fused-ring (bicyclic) bond motifs is 1. The van der Waals surface area contributed by atoms with Crippen LogP contribution in [0.5, 0.6) is 17.2 Å². The van der Waals surface area contributed by atoms with Crippen LogP contribution in [0.25, 0.3) is 10.8 Å². The second kappa shape index (κ2) is 14.9. The van der Waals surface area contributed by atoms with Gasteiger partial charge in [0.2, 0.25) is 5.89 Å². The number of methoxy groups -OCH3 is 2. The van der Waals surface area contributed by atoms with Crippen LogP contribution in [0, 0.1) is 0 Å². The van der Waals surface area contributed by atoms with Gasteiger partial charge in [0.05, 0.1) is 26.2 Å². The normalized spacial score (nSPS) is 11.1. The fourth-order valence-corrected chi connectivity index (χ4v) is 5.00. The number of aromatic nitrogens is 2. The van der Waals surface area contributed by atoms with Crippen LogP contribution >= 0.6 is 11.8 Å². The fraction of sp³-hybridized carbons (Fsp3) is 0.212. The van der Waals surface area contributed by atoms with Crippen molar-refractivity contribution in [2.24, 2.45) is 5.10 Å². The van der Waals surface area contributed by atoms with Gasteiger partial charge in [0.25, 0.3) is 11.1 Å². The molecule has 5 aromatic rings. The topological polar surface area (TPSA) is 108 Å². The summed E-state index contributed by atoms with van der Waals surface area (Å²) in [6, 6.07) is 27.8. The molecule has 220 valence electrons. The second-order valence-electron chi connectivity index (χ2n) is 9.58. The lowest BCUT2D eigenvalue weighted by molar-refractivity contribution is -0.118. The number of hydrogen-bond donors (Lipinski definition) is 1. The molecule has 0 atom stereocenters. The Morgan fingerprint density at radius 2 is 1.77 bits per heavy atom. The van der Waals surface area contributed by atoms with Gasteiger partial charge >= 0.3 is 0 Å². The summed E-state index contributed by atoms with van der Waals surface area (Å²) in [5.41, 5.74) is 5.58.